The van der Waals surface area contributed by atoms with Crippen LogP contribution in [0, 0.1) is 12.8 Å². The van der Waals surface area contributed by atoms with Crippen molar-refractivity contribution in [2.24, 2.45) is 5.92 Å². The molecular formula is C13H23N3S. The maximum Gasteiger partial charge on any atom is 0.0897 e. The lowest BCUT2D eigenvalue weighted by Gasteiger charge is -2.22. The van der Waals surface area contributed by atoms with E-state index in [2.05, 4.69) is 27.9 Å². The summed E-state index contributed by atoms with van der Waals surface area (Å²) >= 11 is 1.74. The highest BCUT2D eigenvalue weighted by Gasteiger charge is 2.11. The second-order valence-electron chi connectivity index (χ2n) is 4.86. The zero-order chi connectivity index (χ0) is 11.9. The molecule has 1 aliphatic heterocycles. The summed E-state index contributed by atoms with van der Waals surface area (Å²) in [4.78, 5) is 4.47. The van der Waals surface area contributed by atoms with E-state index in [9.17, 15) is 0 Å². The first kappa shape index (κ1) is 13.0. The number of hydrogen-bond donors (Lipinski definition) is 2. The maximum absolute atomic E-state index is 4.47. The maximum atomic E-state index is 4.47. The highest BCUT2D eigenvalue weighted by atomic mass is 32.1. The fourth-order valence-corrected chi connectivity index (χ4v) is 2.99. The Balaban J connectivity index is 1.51. The normalized spacial score (nSPS) is 20.6. The zero-order valence-corrected chi connectivity index (χ0v) is 11.5. The van der Waals surface area contributed by atoms with Crippen molar-refractivity contribution in [3.8, 4) is 0 Å². The lowest BCUT2D eigenvalue weighted by molar-refractivity contribution is 0.352. The summed E-state index contributed by atoms with van der Waals surface area (Å²) in [7, 11) is 0. The Kier molecular flexibility index (Phi) is 5.42. The lowest BCUT2D eigenvalue weighted by Crippen LogP contribution is -2.32. The minimum absolute atomic E-state index is 0.887. The molecule has 0 amide bonds. The van der Waals surface area contributed by atoms with Crippen molar-refractivity contribution in [1.82, 2.24) is 15.6 Å². The van der Waals surface area contributed by atoms with Gasteiger partial charge in [0.1, 0.15) is 0 Å². The SMILES string of the molecule is Cc1nc(CCNCCC2CCCNC2)cs1. The Morgan fingerprint density at radius 2 is 2.47 bits per heavy atom. The Morgan fingerprint density at radius 3 is 3.18 bits per heavy atom. The van der Waals surface area contributed by atoms with E-state index in [1.54, 1.807) is 11.3 Å². The number of aromatic nitrogens is 1. The van der Waals surface area contributed by atoms with Gasteiger partial charge in [0.05, 0.1) is 10.7 Å². The zero-order valence-electron chi connectivity index (χ0n) is 10.7. The average molecular weight is 253 g/mol. The van der Waals surface area contributed by atoms with Crippen LogP contribution in [0.2, 0.25) is 0 Å². The molecule has 17 heavy (non-hydrogen) atoms. The molecule has 2 N–H and O–H groups in total. The van der Waals surface area contributed by atoms with Crippen molar-refractivity contribution in [3.05, 3.63) is 16.1 Å². The number of nitrogens with one attached hydrogen (secondary N) is 2. The first-order chi connectivity index (χ1) is 8.34. The molecule has 4 heteroatoms. The number of thiazole rings is 1. The summed E-state index contributed by atoms with van der Waals surface area (Å²) < 4.78 is 0. The quantitative estimate of drug-likeness (QED) is 0.761. The lowest BCUT2D eigenvalue weighted by atomic mass is 9.96. The van der Waals surface area contributed by atoms with Crippen LogP contribution in [0.1, 0.15) is 30.0 Å². The van der Waals surface area contributed by atoms with E-state index in [1.165, 1.54) is 43.1 Å². The standard InChI is InChI=1S/C13H23N3S/c1-11-16-13(10-17-11)5-8-14-7-4-12-3-2-6-15-9-12/h10,12,14-15H,2-9H2,1H3. The van der Waals surface area contributed by atoms with E-state index in [0.29, 0.717) is 0 Å². The summed E-state index contributed by atoms with van der Waals surface area (Å²) in [6.07, 6.45) is 5.12. The number of nitrogens with zero attached hydrogens (tertiary/aromatic N) is 1. The monoisotopic (exact) mass is 253 g/mol. The topological polar surface area (TPSA) is 37.0 Å². The van der Waals surface area contributed by atoms with Crippen molar-refractivity contribution in [2.45, 2.75) is 32.6 Å². The molecule has 1 aromatic heterocycles. The van der Waals surface area contributed by atoms with Crippen LogP contribution in [0.5, 0.6) is 0 Å². The van der Waals surface area contributed by atoms with Gasteiger partial charge < -0.3 is 10.6 Å². The molecule has 0 saturated carbocycles. The van der Waals surface area contributed by atoms with Gasteiger partial charge in [-0.1, -0.05) is 0 Å². The molecular weight excluding hydrogens is 230 g/mol. The molecule has 2 heterocycles. The summed E-state index contributed by atoms with van der Waals surface area (Å²) in [6, 6.07) is 0. The molecule has 3 nitrogen and oxygen atoms in total. The molecule has 1 saturated heterocycles. The van der Waals surface area contributed by atoms with Gasteiger partial charge in [0.2, 0.25) is 0 Å². The molecule has 1 aromatic rings. The Labute approximate surface area is 108 Å². The van der Waals surface area contributed by atoms with Crippen molar-refractivity contribution in [2.75, 3.05) is 26.2 Å². The third kappa shape index (κ3) is 4.74. The predicted molar refractivity (Wildman–Crippen MR) is 73.6 cm³/mol. The highest BCUT2D eigenvalue weighted by molar-refractivity contribution is 7.09. The van der Waals surface area contributed by atoms with Crippen LogP contribution in [0.15, 0.2) is 5.38 Å². The fourth-order valence-electron chi connectivity index (χ4n) is 2.34. The smallest absolute Gasteiger partial charge is 0.0897 e. The summed E-state index contributed by atoms with van der Waals surface area (Å²) in [5.41, 5.74) is 1.24. The predicted octanol–water partition coefficient (Wildman–Crippen LogP) is 1.97. The minimum Gasteiger partial charge on any atom is -0.316 e. The van der Waals surface area contributed by atoms with Crippen molar-refractivity contribution in [1.29, 1.82) is 0 Å². The van der Waals surface area contributed by atoms with Crippen LogP contribution in [0.3, 0.4) is 0 Å². The molecule has 1 unspecified atom stereocenters. The van der Waals surface area contributed by atoms with Gasteiger partial charge >= 0.3 is 0 Å². The third-order valence-electron chi connectivity index (χ3n) is 3.35. The molecule has 0 spiro atoms. The molecule has 1 atom stereocenters. The molecule has 0 radical (unpaired) electrons. The number of rotatable bonds is 6. The molecule has 0 aliphatic carbocycles. The number of aryl methyl sites for hydroxylation is 1. The molecule has 2 rings (SSSR count). The molecule has 96 valence electrons. The first-order valence-corrected chi connectivity index (χ1v) is 7.55. The van der Waals surface area contributed by atoms with Gasteiger partial charge in [0.25, 0.3) is 0 Å². The average Bonchev–Trinajstić information content (AvgIpc) is 2.76. The van der Waals surface area contributed by atoms with E-state index in [1.807, 2.05) is 0 Å². The van der Waals surface area contributed by atoms with Crippen LogP contribution in [0.25, 0.3) is 0 Å². The fraction of sp³-hybridized carbons (Fsp3) is 0.769. The molecule has 1 aliphatic rings. The van der Waals surface area contributed by atoms with Crippen LogP contribution < -0.4 is 10.6 Å². The van der Waals surface area contributed by atoms with Crippen molar-refractivity contribution in [3.63, 3.8) is 0 Å². The van der Waals surface area contributed by atoms with Crippen LogP contribution in [-0.4, -0.2) is 31.2 Å². The number of piperidine rings is 1. The second kappa shape index (κ2) is 7.09. The van der Waals surface area contributed by atoms with Gasteiger partial charge in [-0.25, -0.2) is 4.98 Å². The van der Waals surface area contributed by atoms with E-state index in [4.69, 9.17) is 0 Å². The highest BCUT2D eigenvalue weighted by Crippen LogP contribution is 2.13. The van der Waals surface area contributed by atoms with Crippen LogP contribution >= 0.6 is 11.3 Å². The first-order valence-electron chi connectivity index (χ1n) is 6.67. The van der Waals surface area contributed by atoms with Crippen molar-refractivity contribution >= 4 is 11.3 Å². The Morgan fingerprint density at radius 1 is 1.53 bits per heavy atom. The van der Waals surface area contributed by atoms with Gasteiger partial charge in [-0.05, 0) is 51.7 Å². The van der Waals surface area contributed by atoms with Crippen LogP contribution in [-0.2, 0) is 6.42 Å². The van der Waals surface area contributed by atoms with E-state index < -0.39 is 0 Å². The molecule has 1 fully saturated rings. The third-order valence-corrected chi connectivity index (χ3v) is 4.18. The van der Waals surface area contributed by atoms with Gasteiger partial charge in [-0.15, -0.1) is 11.3 Å². The summed E-state index contributed by atoms with van der Waals surface area (Å²) in [5, 5.41) is 10.3. The molecule has 0 bridgehead atoms. The summed E-state index contributed by atoms with van der Waals surface area (Å²) in [5.74, 6) is 0.887. The van der Waals surface area contributed by atoms with Gasteiger partial charge in [-0.2, -0.15) is 0 Å². The Hall–Kier alpha value is -0.450. The van der Waals surface area contributed by atoms with E-state index in [-0.39, 0.29) is 0 Å². The number of hydrogen-bond acceptors (Lipinski definition) is 4. The van der Waals surface area contributed by atoms with Gasteiger partial charge in [-0.3, -0.25) is 0 Å². The van der Waals surface area contributed by atoms with E-state index in [0.717, 1.165) is 25.4 Å². The molecule has 0 aromatic carbocycles. The van der Waals surface area contributed by atoms with Crippen molar-refractivity contribution < 1.29 is 0 Å². The van der Waals surface area contributed by atoms with E-state index >= 15 is 0 Å². The van der Waals surface area contributed by atoms with Crippen LogP contribution in [0.4, 0.5) is 0 Å². The van der Waals surface area contributed by atoms with Gasteiger partial charge in [0, 0.05) is 18.3 Å². The Bertz CT molecular complexity index is 318. The largest absolute Gasteiger partial charge is 0.316 e. The minimum atomic E-state index is 0.887. The summed E-state index contributed by atoms with van der Waals surface area (Å²) in [6.45, 7) is 6.70. The second-order valence-corrected chi connectivity index (χ2v) is 5.92. The van der Waals surface area contributed by atoms with Gasteiger partial charge in [0.15, 0.2) is 0 Å².